The van der Waals surface area contributed by atoms with Crippen molar-refractivity contribution in [2.75, 3.05) is 42.7 Å². The number of halogens is 1. The molecular formula is C29H32FN7O2. The molecular weight excluding hydrogens is 497 g/mol. The second-order valence-corrected chi connectivity index (χ2v) is 10.00. The Bertz CT molecular complexity index is 1490. The van der Waals surface area contributed by atoms with Crippen LogP contribution in [0.1, 0.15) is 12.0 Å². The van der Waals surface area contributed by atoms with Crippen LogP contribution in [0.4, 0.5) is 26.2 Å². The maximum Gasteiger partial charge on any atom is 0.323 e. The van der Waals surface area contributed by atoms with Crippen LogP contribution >= 0.6 is 0 Å². The summed E-state index contributed by atoms with van der Waals surface area (Å²) in [6.45, 7) is 3.87. The maximum atomic E-state index is 14.6. The van der Waals surface area contributed by atoms with Crippen LogP contribution in [0.25, 0.3) is 11.3 Å². The first-order valence-electron chi connectivity index (χ1n) is 12.8. The van der Waals surface area contributed by atoms with E-state index in [9.17, 15) is 9.18 Å². The van der Waals surface area contributed by atoms with E-state index in [4.69, 9.17) is 4.74 Å². The Balaban J connectivity index is 1.26. The van der Waals surface area contributed by atoms with E-state index in [0.29, 0.717) is 29.1 Å². The number of hydrogen-bond donors (Lipinski definition) is 2. The smallest absolute Gasteiger partial charge is 0.323 e. The number of nitrogens with one attached hydrogen (secondary N) is 2. The van der Waals surface area contributed by atoms with E-state index < -0.39 is 11.8 Å². The monoisotopic (exact) mass is 529 g/mol. The van der Waals surface area contributed by atoms with Gasteiger partial charge in [0.25, 0.3) is 0 Å². The minimum Gasteiger partial charge on any atom is -0.439 e. The Kier molecular flexibility index (Phi) is 7.47. The number of anilines is 3. The van der Waals surface area contributed by atoms with Crippen molar-refractivity contribution in [3.63, 3.8) is 0 Å². The van der Waals surface area contributed by atoms with Gasteiger partial charge in [0.2, 0.25) is 5.88 Å². The number of aryl methyl sites for hydroxylation is 2. The van der Waals surface area contributed by atoms with Crippen LogP contribution in [0.15, 0.2) is 67.0 Å². The lowest BCUT2D eigenvalue weighted by Crippen LogP contribution is -2.31. The number of carbonyl (C=O) groups is 1. The first kappa shape index (κ1) is 26.2. The van der Waals surface area contributed by atoms with Crippen LogP contribution < -0.4 is 20.3 Å². The van der Waals surface area contributed by atoms with E-state index in [0.717, 1.165) is 36.3 Å². The molecule has 10 heteroatoms. The summed E-state index contributed by atoms with van der Waals surface area (Å²) in [7, 11) is 6.02. The number of aromatic nitrogens is 3. The molecule has 1 saturated heterocycles. The zero-order valence-electron chi connectivity index (χ0n) is 22.5. The molecule has 0 aliphatic carbocycles. The van der Waals surface area contributed by atoms with Crippen LogP contribution in [0.5, 0.6) is 11.6 Å². The van der Waals surface area contributed by atoms with Crippen LogP contribution in [0.3, 0.4) is 0 Å². The highest BCUT2D eigenvalue weighted by molar-refractivity contribution is 6.00. The molecule has 1 fully saturated rings. The summed E-state index contributed by atoms with van der Waals surface area (Å²) in [5.41, 5.74) is 4.26. The molecule has 1 aliphatic rings. The van der Waals surface area contributed by atoms with Gasteiger partial charge in [0.1, 0.15) is 11.6 Å². The third kappa shape index (κ3) is 6.35. The highest BCUT2D eigenvalue weighted by Crippen LogP contribution is 2.29. The summed E-state index contributed by atoms with van der Waals surface area (Å²) >= 11 is 0. The number of likely N-dealkylation sites (N-methyl/N-ethyl adjacent to an activating group) is 1. The van der Waals surface area contributed by atoms with Crippen molar-refractivity contribution in [3.05, 3.63) is 78.4 Å². The van der Waals surface area contributed by atoms with Gasteiger partial charge in [-0.15, -0.1) is 0 Å². The SMILES string of the molecule is Cc1cc(NC(=O)Nc2cc(Oc3cccc(-c4cnn(C)c4)n3)ccc2F)cc(N2CCC(N(C)C)C2)c1. The van der Waals surface area contributed by atoms with Gasteiger partial charge < -0.3 is 25.2 Å². The molecule has 0 spiro atoms. The highest BCUT2D eigenvalue weighted by atomic mass is 19.1. The number of amides is 2. The third-order valence-corrected chi connectivity index (χ3v) is 6.71. The number of carbonyl (C=O) groups excluding carboxylic acids is 1. The number of urea groups is 1. The van der Waals surface area contributed by atoms with Crippen LogP contribution in [-0.2, 0) is 7.05 Å². The van der Waals surface area contributed by atoms with Crippen molar-refractivity contribution in [2.45, 2.75) is 19.4 Å². The predicted octanol–water partition coefficient (Wildman–Crippen LogP) is 5.51. The van der Waals surface area contributed by atoms with Crippen molar-refractivity contribution in [3.8, 4) is 22.9 Å². The number of pyridine rings is 1. The summed E-state index contributed by atoms with van der Waals surface area (Å²) in [4.78, 5) is 21.9. The fourth-order valence-electron chi connectivity index (χ4n) is 4.67. The number of nitrogens with zero attached hydrogens (tertiary/aromatic N) is 5. The largest absolute Gasteiger partial charge is 0.439 e. The van der Waals surface area contributed by atoms with Crippen LogP contribution in [0, 0.1) is 12.7 Å². The molecule has 4 aromatic rings. The Morgan fingerprint density at radius 1 is 1.13 bits per heavy atom. The molecule has 2 aromatic carbocycles. The molecule has 2 amide bonds. The normalized spacial score (nSPS) is 15.0. The molecule has 0 saturated carbocycles. The molecule has 0 bridgehead atoms. The second-order valence-electron chi connectivity index (χ2n) is 10.00. The van der Waals surface area contributed by atoms with Crippen molar-refractivity contribution >= 4 is 23.1 Å². The van der Waals surface area contributed by atoms with Crippen molar-refractivity contribution < 1.29 is 13.9 Å². The van der Waals surface area contributed by atoms with Gasteiger partial charge in [0.05, 0.1) is 17.6 Å². The second kappa shape index (κ2) is 11.1. The Hall–Kier alpha value is -4.44. The lowest BCUT2D eigenvalue weighted by Gasteiger charge is -2.23. The molecule has 202 valence electrons. The fraction of sp³-hybridized carbons (Fsp3) is 0.276. The molecule has 39 heavy (non-hydrogen) atoms. The van der Waals surface area contributed by atoms with Gasteiger partial charge in [-0.2, -0.15) is 5.10 Å². The van der Waals surface area contributed by atoms with E-state index in [1.54, 1.807) is 16.9 Å². The summed E-state index contributed by atoms with van der Waals surface area (Å²) in [6.07, 6.45) is 4.66. The van der Waals surface area contributed by atoms with Gasteiger partial charge in [-0.3, -0.25) is 4.68 Å². The standard InChI is InChI=1S/C29H32FN7O2/c1-19-12-21(14-23(13-19)37-11-10-22(18-37)35(2)3)32-29(38)34-27-15-24(8-9-25(27)30)39-28-7-5-6-26(33-28)20-16-31-36(4)17-20/h5-9,12-17,22H,10-11,18H2,1-4H3,(H2,32,34,38). The summed E-state index contributed by atoms with van der Waals surface area (Å²) in [6, 6.07) is 15.4. The number of ether oxygens (including phenoxy) is 1. The zero-order valence-corrected chi connectivity index (χ0v) is 22.5. The van der Waals surface area contributed by atoms with Crippen molar-refractivity contribution in [1.29, 1.82) is 0 Å². The Morgan fingerprint density at radius 3 is 2.72 bits per heavy atom. The lowest BCUT2D eigenvalue weighted by atomic mass is 10.2. The summed E-state index contributed by atoms with van der Waals surface area (Å²) in [5, 5.41) is 9.60. The molecule has 0 radical (unpaired) electrons. The molecule has 5 rings (SSSR count). The van der Waals surface area contributed by atoms with E-state index in [1.807, 2.05) is 44.4 Å². The topological polar surface area (TPSA) is 87.5 Å². The van der Waals surface area contributed by atoms with Crippen LogP contribution in [-0.4, -0.2) is 58.9 Å². The predicted molar refractivity (Wildman–Crippen MR) is 151 cm³/mol. The van der Waals surface area contributed by atoms with E-state index >= 15 is 0 Å². The van der Waals surface area contributed by atoms with E-state index in [1.165, 1.54) is 18.2 Å². The Morgan fingerprint density at radius 2 is 1.97 bits per heavy atom. The maximum absolute atomic E-state index is 14.6. The minimum atomic E-state index is -0.578. The van der Waals surface area contributed by atoms with Gasteiger partial charge in [0, 0.05) is 61.4 Å². The number of rotatable bonds is 7. The Labute approximate surface area is 227 Å². The minimum absolute atomic E-state index is 0.00495. The number of hydrogen-bond acceptors (Lipinski definition) is 6. The average Bonchev–Trinajstić information content (AvgIpc) is 3.56. The molecule has 9 nitrogen and oxygen atoms in total. The quantitative estimate of drug-likeness (QED) is 0.329. The molecule has 2 N–H and O–H groups in total. The van der Waals surface area contributed by atoms with E-state index in [-0.39, 0.29) is 5.69 Å². The van der Waals surface area contributed by atoms with E-state index in [2.05, 4.69) is 50.7 Å². The zero-order chi connectivity index (χ0) is 27.5. The molecule has 1 atom stereocenters. The fourth-order valence-corrected chi connectivity index (χ4v) is 4.67. The number of benzene rings is 2. The lowest BCUT2D eigenvalue weighted by molar-refractivity contribution is 0.262. The van der Waals surface area contributed by atoms with Gasteiger partial charge >= 0.3 is 6.03 Å². The first-order chi connectivity index (χ1) is 18.7. The molecule has 1 unspecified atom stereocenters. The third-order valence-electron chi connectivity index (χ3n) is 6.71. The van der Waals surface area contributed by atoms with Crippen molar-refractivity contribution in [2.24, 2.45) is 7.05 Å². The highest BCUT2D eigenvalue weighted by Gasteiger charge is 2.24. The van der Waals surface area contributed by atoms with Gasteiger partial charge in [0.15, 0.2) is 0 Å². The molecule has 2 aromatic heterocycles. The van der Waals surface area contributed by atoms with Crippen molar-refractivity contribution in [1.82, 2.24) is 19.7 Å². The van der Waals surface area contributed by atoms with Gasteiger partial charge in [-0.1, -0.05) is 6.07 Å². The van der Waals surface area contributed by atoms with Gasteiger partial charge in [-0.05, 0) is 69.4 Å². The first-order valence-corrected chi connectivity index (χ1v) is 12.8. The summed E-state index contributed by atoms with van der Waals surface area (Å²) in [5.74, 6) is 0.0974. The molecule has 1 aliphatic heterocycles. The van der Waals surface area contributed by atoms with Gasteiger partial charge in [-0.25, -0.2) is 14.2 Å². The molecule has 3 heterocycles. The van der Waals surface area contributed by atoms with Crippen LogP contribution in [0.2, 0.25) is 0 Å². The average molecular weight is 530 g/mol. The summed E-state index contributed by atoms with van der Waals surface area (Å²) < 4.78 is 22.2.